The highest BCUT2D eigenvalue weighted by Crippen LogP contribution is 2.40. The summed E-state index contributed by atoms with van der Waals surface area (Å²) in [5.74, 6) is 1.10. The molecule has 0 aliphatic rings. The van der Waals surface area contributed by atoms with Gasteiger partial charge in [0, 0.05) is 17.0 Å². The molecule has 0 bridgehead atoms. The Bertz CT molecular complexity index is 716. The lowest BCUT2D eigenvalue weighted by molar-refractivity contribution is 0.477. The van der Waals surface area contributed by atoms with Gasteiger partial charge in [0.2, 0.25) is 0 Å². The van der Waals surface area contributed by atoms with Crippen molar-refractivity contribution in [2.75, 3.05) is 0 Å². The van der Waals surface area contributed by atoms with Crippen LogP contribution in [0.15, 0.2) is 24.3 Å². The number of rotatable bonds is 7. The Morgan fingerprint density at radius 1 is 0.960 bits per heavy atom. The number of phenolic OH excluding ortho intramolecular Hbond substituents is 1. The smallest absolute Gasteiger partial charge is 0.123 e. The Hall–Kier alpha value is -1.83. The van der Waals surface area contributed by atoms with Gasteiger partial charge < -0.3 is 5.11 Å². The molecule has 2 nitrogen and oxygen atoms in total. The normalized spacial score (nSPS) is 11.5. The minimum absolute atomic E-state index is 0.359. The molecule has 0 spiro atoms. The molecule has 0 saturated carbocycles. The summed E-state index contributed by atoms with van der Waals surface area (Å²) >= 11 is 0. The van der Waals surface area contributed by atoms with E-state index in [4.69, 9.17) is 4.98 Å². The molecule has 1 heterocycles. The summed E-state index contributed by atoms with van der Waals surface area (Å²) in [4.78, 5) is 5.08. The molecule has 0 atom stereocenters. The van der Waals surface area contributed by atoms with Crippen LogP contribution in [0, 0.1) is 6.92 Å². The molecule has 1 aromatic heterocycles. The van der Waals surface area contributed by atoms with E-state index in [9.17, 15) is 5.11 Å². The predicted molar refractivity (Wildman–Crippen MR) is 107 cm³/mol. The molecule has 136 valence electrons. The van der Waals surface area contributed by atoms with Crippen LogP contribution in [0.5, 0.6) is 5.75 Å². The van der Waals surface area contributed by atoms with Gasteiger partial charge >= 0.3 is 0 Å². The molecular formula is C23H33NO. The first kappa shape index (κ1) is 19.5. The van der Waals surface area contributed by atoms with Crippen LogP contribution in [-0.2, 0) is 6.42 Å². The summed E-state index contributed by atoms with van der Waals surface area (Å²) in [5, 5.41) is 10.5. The fourth-order valence-corrected chi connectivity index (χ4v) is 3.66. The average molecular weight is 340 g/mol. The molecule has 0 saturated heterocycles. The maximum Gasteiger partial charge on any atom is 0.123 e. The number of para-hydroxylation sites is 1. The highest BCUT2D eigenvalue weighted by Gasteiger charge is 2.22. The summed E-state index contributed by atoms with van der Waals surface area (Å²) < 4.78 is 0. The lowest BCUT2D eigenvalue weighted by Crippen LogP contribution is -2.10. The highest BCUT2D eigenvalue weighted by molar-refractivity contribution is 5.77. The Kier molecular flexibility index (Phi) is 6.64. The van der Waals surface area contributed by atoms with Gasteiger partial charge in [-0.25, -0.2) is 0 Å². The molecule has 1 N–H and O–H groups in total. The summed E-state index contributed by atoms with van der Waals surface area (Å²) in [5.41, 5.74) is 7.04. The number of hydrogen-bond donors (Lipinski definition) is 1. The first-order chi connectivity index (χ1) is 11.9. The Morgan fingerprint density at radius 3 is 2.16 bits per heavy atom. The summed E-state index contributed by atoms with van der Waals surface area (Å²) in [6.07, 6.45) is 4.62. The van der Waals surface area contributed by atoms with Crippen molar-refractivity contribution < 1.29 is 5.11 Å². The Labute approximate surface area is 153 Å². The molecule has 2 heteroatoms. The van der Waals surface area contributed by atoms with Gasteiger partial charge in [0.15, 0.2) is 0 Å². The van der Waals surface area contributed by atoms with Crippen LogP contribution >= 0.6 is 0 Å². The molecular weight excluding hydrogens is 306 g/mol. The van der Waals surface area contributed by atoms with Gasteiger partial charge in [-0.15, -0.1) is 0 Å². The molecule has 0 aliphatic carbocycles. The maximum absolute atomic E-state index is 10.5. The third kappa shape index (κ3) is 4.23. The van der Waals surface area contributed by atoms with Crippen LogP contribution in [0.3, 0.4) is 0 Å². The van der Waals surface area contributed by atoms with Crippen LogP contribution < -0.4 is 0 Å². The highest BCUT2D eigenvalue weighted by atomic mass is 16.3. The molecule has 0 fully saturated rings. The van der Waals surface area contributed by atoms with Crippen molar-refractivity contribution in [3.8, 4) is 16.9 Å². The average Bonchev–Trinajstić information content (AvgIpc) is 2.55. The zero-order valence-electron chi connectivity index (χ0n) is 16.7. The van der Waals surface area contributed by atoms with Crippen LogP contribution in [0.1, 0.15) is 88.2 Å². The fourth-order valence-electron chi connectivity index (χ4n) is 3.66. The van der Waals surface area contributed by atoms with E-state index in [0.717, 1.165) is 17.7 Å². The van der Waals surface area contributed by atoms with Crippen molar-refractivity contribution in [3.63, 3.8) is 0 Å². The maximum atomic E-state index is 10.5. The largest absolute Gasteiger partial charge is 0.507 e. The number of phenols is 1. The molecule has 0 unspecified atom stereocenters. The number of unbranched alkanes of at least 4 members (excludes halogenated alkanes) is 2. The van der Waals surface area contributed by atoms with Gasteiger partial charge in [0.05, 0.1) is 0 Å². The molecule has 0 amide bonds. The van der Waals surface area contributed by atoms with Crippen LogP contribution in [0.2, 0.25) is 0 Å². The molecule has 25 heavy (non-hydrogen) atoms. The van der Waals surface area contributed by atoms with Gasteiger partial charge in [-0.1, -0.05) is 65.7 Å². The number of pyridine rings is 1. The second kappa shape index (κ2) is 8.51. The number of aromatic nitrogens is 1. The molecule has 2 aromatic rings. The summed E-state index contributed by atoms with van der Waals surface area (Å²) in [6.45, 7) is 13.2. The van der Waals surface area contributed by atoms with Gasteiger partial charge in [-0.3, -0.25) is 4.98 Å². The molecule has 2 rings (SSSR count). The minimum atomic E-state index is 0.359. The predicted octanol–water partition coefficient (Wildman–Crippen LogP) is 6.74. The van der Waals surface area contributed by atoms with Crippen molar-refractivity contribution in [2.24, 2.45) is 0 Å². The van der Waals surface area contributed by atoms with E-state index in [-0.39, 0.29) is 0 Å². The zero-order valence-corrected chi connectivity index (χ0v) is 16.7. The zero-order chi connectivity index (χ0) is 18.6. The van der Waals surface area contributed by atoms with E-state index < -0.39 is 0 Å². The van der Waals surface area contributed by atoms with Crippen LogP contribution in [0.4, 0.5) is 0 Å². The van der Waals surface area contributed by atoms with E-state index in [1.165, 1.54) is 41.6 Å². The number of aromatic hydroxyl groups is 1. The fraction of sp³-hybridized carbons (Fsp3) is 0.522. The van der Waals surface area contributed by atoms with E-state index in [2.05, 4.69) is 41.5 Å². The second-order valence-corrected chi connectivity index (χ2v) is 7.64. The van der Waals surface area contributed by atoms with Gasteiger partial charge in [0.25, 0.3) is 0 Å². The number of nitrogens with zero attached hydrogens (tertiary/aromatic N) is 1. The summed E-state index contributed by atoms with van der Waals surface area (Å²) in [6, 6.07) is 7.72. The monoisotopic (exact) mass is 339 g/mol. The second-order valence-electron chi connectivity index (χ2n) is 7.64. The van der Waals surface area contributed by atoms with Crippen molar-refractivity contribution >= 4 is 0 Å². The molecule has 0 radical (unpaired) electrons. The lowest BCUT2D eigenvalue weighted by atomic mass is 9.85. The first-order valence-corrected chi connectivity index (χ1v) is 9.70. The molecule has 0 aliphatic heterocycles. The number of benzene rings is 1. The minimum Gasteiger partial charge on any atom is -0.507 e. The van der Waals surface area contributed by atoms with Crippen molar-refractivity contribution in [3.05, 3.63) is 46.8 Å². The van der Waals surface area contributed by atoms with Crippen molar-refractivity contribution in [1.82, 2.24) is 4.98 Å². The third-order valence-electron chi connectivity index (χ3n) is 4.91. The van der Waals surface area contributed by atoms with E-state index in [1.807, 2.05) is 18.2 Å². The van der Waals surface area contributed by atoms with E-state index in [0.29, 0.717) is 17.6 Å². The Morgan fingerprint density at radius 2 is 1.60 bits per heavy atom. The summed E-state index contributed by atoms with van der Waals surface area (Å²) in [7, 11) is 0. The van der Waals surface area contributed by atoms with E-state index >= 15 is 0 Å². The third-order valence-corrected chi connectivity index (χ3v) is 4.91. The SMILES string of the molecule is CCCCCc1c(C(C)C)nc(C(C)C)c(C)c1-c1ccccc1O. The molecule has 1 aromatic carbocycles. The van der Waals surface area contributed by atoms with E-state index in [1.54, 1.807) is 6.07 Å². The number of hydrogen-bond acceptors (Lipinski definition) is 2. The van der Waals surface area contributed by atoms with Crippen molar-refractivity contribution in [2.45, 2.75) is 79.1 Å². The van der Waals surface area contributed by atoms with Gasteiger partial charge in [0.1, 0.15) is 5.75 Å². The topological polar surface area (TPSA) is 33.1 Å². The quantitative estimate of drug-likeness (QED) is 0.566. The lowest BCUT2D eigenvalue weighted by Gasteiger charge is -2.24. The van der Waals surface area contributed by atoms with Crippen LogP contribution in [0.25, 0.3) is 11.1 Å². The van der Waals surface area contributed by atoms with Gasteiger partial charge in [-0.2, -0.15) is 0 Å². The van der Waals surface area contributed by atoms with Gasteiger partial charge in [-0.05, 0) is 54.4 Å². The standard InChI is InChI=1S/C23H33NO/c1-7-8-9-13-19-21(18-12-10-11-14-20(18)25)17(6)22(15(2)3)24-23(19)16(4)5/h10-12,14-16,25H,7-9,13H2,1-6H3. The van der Waals surface area contributed by atoms with Crippen LogP contribution in [-0.4, -0.2) is 10.1 Å². The first-order valence-electron chi connectivity index (χ1n) is 9.70. The Balaban J connectivity index is 2.77. The van der Waals surface area contributed by atoms with Crippen molar-refractivity contribution in [1.29, 1.82) is 0 Å².